The molecule has 0 saturated carbocycles. The minimum absolute atomic E-state index is 0.123. The first kappa shape index (κ1) is 18.9. The molecule has 1 aliphatic rings. The number of carbonyl (C=O) groups is 1. The number of halogens is 1. The molecule has 0 saturated heterocycles. The predicted molar refractivity (Wildman–Crippen MR) is 95.8 cm³/mol. The fourth-order valence-electron chi connectivity index (χ4n) is 1.70. The zero-order valence-electron chi connectivity index (χ0n) is 13.5. The van der Waals surface area contributed by atoms with Gasteiger partial charge in [0.1, 0.15) is 22.6 Å². The van der Waals surface area contributed by atoms with E-state index in [4.69, 9.17) is 4.74 Å². The first-order valence-electron chi connectivity index (χ1n) is 7.05. The lowest BCUT2D eigenvalue weighted by Gasteiger charge is -2.19. The molecule has 1 N–H and O–H groups in total. The molecule has 0 amide bonds. The van der Waals surface area contributed by atoms with Crippen LogP contribution in [0.3, 0.4) is 0 Å². The van der Waals surface area contributed by atoms with Crippen molar-refractivity contribution in [1.29, 1.82) is 0 Å². The SMILES string of the molecule is C=C1/C(=N\C(Br)=C/C)C(C(=O)O)=CN1COCC[Si](C)(C)C. The van der Waals surface area contributed by atoms with E-state index >= 15 is 0 Å². The summed E-state index contributed by atoms with van der Waals surface area (Å²) in [6, 6.07) is 1.06. The van der Waals surface area contributed by atoms with Crippen molar-refractivity contribution < 1.29 is 14.6 Å². The second-order valence-electron chi connectivity index (χ2n) is 6.18. The maximum absolute atomic E-state index is 11.3. The largest absolute Gasteiger partial charge is 0.478 e. The van der Waals surface area contributed by atoms with Crippen molar-refractivity contribution in [3.63, 3.8) is 0 Å². The van der Waals surface area contributed by atoms with Crippen LogP contribution in [0, 0.1) is 0 Å². The van der Waals surface area contributed by atoms with Gasteiger partial charge >= 0.3 is 5.97 Å². The van der Waals surface area contributed by atoms with Crippen LogP contribution in [-0.2, 0) is 9.53 Å². The van der Waals surface area contributed by atoms with Crippen molar-refractivity contribution in [3.05, 3.63) is 34.7 Å². The lowest BCUT2D eigenvalue weighted by Crippen LogP contribution is -2.24. The molecule has 0 aromatic heterocycles. The highest BCUT2D eigenvalue weighted by molar-refractivity contribution is 9.11. The molecule has 0 spiro atoms. The van der Waals surface area contributed by atoms with E-state index < -0.39 is 14.0 Å². The standard InChI is InChI=1S/C15H23BrN2O3Si/c1-6-13(16)17-14-11(2)18(9-12(14)15(19)20)10-21-7-8-22(3,4)5/h6,9H,2,7-8,10H2,1,3-5H3,(H,19,20)/b13-6-,17-14+. The molecule has 0 bridgehead atoms. The zero-order chi connectivity index (χ0) is 16.9. The Labute approximate surface area is 141 Å². The van der Waals surface area contributed by atoms with Crippen molar-refractivity contribution in [1.82, 2.24) is 4.90 Å². The van der Waals surface area contributed by atoms with Gasteiger partial charge in [0, 0.05) is 20.9 Å². The minimum atomic E-state index is -1.14. The number of hydrogen-bond acceptors (Lipinski definition) is 4. The highest BCUT2D eigenvalue weighted by Crippen LogP contribution is 2.24. The summed E-state index contributed by atoms with van der Waals surface area (Å²) in [6.45, 7) is 13.5. The highest BCUT2D eigenvalue weighted by atomic mass is 79.9. The first-order chi connectivity index (χ1) is 10.2. The number of nitrogens with zero attached hydrogens (tertiary/aromatic N) is 2. The van der Waals surface area contributed by atoms with Gasteiger partial charge < -0.3 is 14.7 Å². The van der Waals surface area contributed by atoms with Gasteiger partial charge in [0.2, 0.25) is 0 Å². The maximum atomic E-state index is 11.3. The molecule has 0 aromatic rings. The number of ether oxygens (including phenoxy) is 1. The smallest absolute Gasteiger partial charge is 0.339 e. The van der Waals surface area contributed by atoms with Crippen LogP contribution in [0.25, 0.3) is 0 Å². The first-order valence-corrected chi connectivity index (χ1v) is 11.6. The number of rotatable bonds is 7. The Bertz CT molecular complexity index is 547. The van der Waals surface area contributed by atoms with Gasteiger partial charge in [-0.15, -0.1) is 0 Å². The fourth-order valence-corrected chi connectivity index (χ4v) is 2.63. The van der Waals surface area contributed by atoms with Crippen LogP contribution < -0.4 is 0 Å². The molecule has 1 aliphatic heterocycles. The summed E-state index contributed by atoms with van der Waals surface area (Å²) in [4.78, 5) is 17.3. The number of allylic oxidation sites excluding steroid dienone is 2. The van der Waals surface area contributed by atoms with E-state index in [1.54, 1.807) is 11.0 Å². The molecule has 0 aliphatic carbocycles. The Morgan fingerprint density at radius 1 is 1.55 bits per heavy atom. The number of aliphatic imine (C=N–C) groups is 1. The highest BCUT2D eigenvalue weighted by Gasteiger charge is 2.29. The molecule has 1 heterocycles. The van der Waals surface area contributed by atoms with Crippen molar-refractivity contribution in [3.8, 4) is 0 Å². The van der Waals surface area contributed by atoms with Gasteiger partial charge in [-0.1, -0.05) is 32.3 Å². The second-order valence-corrected chi connectivity index (χ2v) is 12.6. The van der Waals surface area contributed by atoms with E-state index in [2.05, 4.69) is 47.1 Å². The maximum Gasteiger partial charge on any atom is 0.339 e. The molecule has 122 valence electrons. The van der Waals surface area contributed by atoms with Crippen LogP contribution in [0.4, 0.5) is 0 Å². The van der Waals surface area contributed by atoms with E-state index in [9.17, 15) is 9.90 Å². The average molecular weight is 387 g/mol. The van der Waals surface area contributed by atoms with Crippen molar-refractivity contribution in [2.75, 3.05) is 13.3 Å². The summed E-state index contributed by atoms with van der Waals surface area (Å²) in [7, 11) is -1.14. The summed E-state index contributed by atoms with van der Waals surface area (Å²) < 4.78 is 6.22. The Hall–Kier alpha value is -1.18. The molecule has 0 unspecified atom stereocenters. The Morgan fingerprint density at radius 2 is 2.18 bits per heavy atom. The number of hydrogen-bond donors (Lipinski definition) is 1. The predicted octanol–water partition coefficient (Wildman–Crippen LogP) is 3.79. The average Bonchev–Trinajstić information content (AvgIpc) is 2.71. The van der Waals surface area contributed by atoms with Crippen LogP contribution in [0.15, 0.2) is 39.7 Å². The summed E-state index contributed by atoms with van der Waals surface area (Å²) in [5, 5.41) is 9.30. The topological polar surface area (TPSA) is 62.1 Å². The summed E-state index contributed by atoms with van der Waals surface area (Å²) in [5.41, 5.74) is 1.01. The summed E-state index contributed by atoms with van der Waals surface area (Å²) >= 11 is 3.26. The van der Waals surface area contributed by atoms with Gasteiger partial charge in [-0.05, 0) is 28.9 Å². The lowest BCUT2D eigenvalue weighted by atomic mass is 10.2. The van der Waals surface area contributed by atoms with E-state index in [1.807, 2.05) is 6.92 Å². The Kier molecular flexibility index (Phi) is 6.77. The van der Waals surface area contributed by atoms with Gasteiger partial charge in [-0.25, -0.2) is 9.79 Å². The quantitative estimate of drug-likeness (QED) is 0.410. The van der Waals surface area contributed by atoms with Crippen LogP contribution in [0.1, 0.15) is 6.92 Å². The lowest BCUT2D eigenvalue weighted by molar-refractivity contribution is -0.132. The van der Waals surface area contributed by atoms with Gasteiger partial charge in [-0.2, -0.15) is 0 Å². The van der Waals surface area contributed by atoms with Gasteiger partial charge in [0.15, 0.2) is 0 Å². The Morgan fingerprint density at radius 3 is 2.68 bits per heavy atom. The molecule has 22 heavy (non-hydrogen) atoms. The minimum Gasteiger partial charge on any atom is -0.478 e. The van der Waals surface area contributed by atoms with E-state index in [1.165, 1.54) is 6.20 Å². The van der Waals surface area contributed by atoms with E-state index in [0.29, 0.717) is 22.6 Å². The third kappa shape index (κ3) is 5.55. The molecule has 7 heteroatoms. The van der Waals surface area contributed by atoms with E-state index in [0.717, 1.165) is 6.04 Å². The third-order valence-corrected chi connectivity index (χ3v) is 5.41. The summed E-state index contributed by atoms with van der Waals surface area (Å²) in [6.07, 6.45) is 3.26. The van der Waals surface area contributed by atoms with Crippen LogP contribution in [-0.4, -0.2) is 43.1 Å². The molecule has 5 nitrogen and oxygen atoms in total. The van der Waals surface area contributed by atoms with Crippen LogP contribution in [0.5, 0.6) is 0 Å². The molecule has 0 fully saturated rings. The van der Waals surface area contributed by atoms with Crippen molar-refractivity contribution in [2.45, 2.75) is 32.6 Å². The summed E-state index contributed by atoms with van der Waals surface area (Å²) in [5.74, 6) is -1.03. The number of aliphatic carboxylic acids is 1. The fraction of sp³-hybridized carbons (Fsp3) is 0.467. The number of carboxylic acids is 1. The molecular formula is C15H23BrN2O3Si. The van der Waals surface area contributed by atoms with Crippen LogP contribution in [0.2, 0.25) is 25.7 Å². The second kappa shape index (κ2) is 7.89. The van der Waals surface area contributed by atoms with Gasteiger partial charge in [0.05, 0.1) is 5.70 Å². The van der Waals surface area contributed by atoms with Crippen LogP contribution >= 0.6 is 15.9 Å². The Balaban J connectivity index is 2.76. The van der Waals surface area contributed by atoms with E-state index in [-0.39, 0.29) is 12.3 Å². The molecule has 0 radical (unpaired) electrons. The molecule has 1 rings (SSSR count). The van der Waals surface area contributed by atoms with Gasteiger partial charge in [0.25, 0.3) is 0 Å². The normalized spacial score (nSPS) is 18.1. The monoisotopic (exact) mass is 386 g/mol. The van der Waals surface area contributed by atoms with Crippen molar-refractivity contribution in [2.24, 2.45) is 4.99 Å². The third-order valence-electron chi connectivity index (χ3n) is 3.07. The molecule has 0 aromatic carbocycles. The number of carboxylic acid groups (broad SMARTS) is 1. The zero-order valence-corrected chi connectivity index (χ0v) is 16.1. The molecular weight excluding hydrogens is 364 g/mol. The van der Waals surface area contributed by atoms with Gasteiger partial charge in [-0.3, -0.25) is 0 Å². The molecule has 0 atom stereocenters. The van der Waals surface area contributed by atoms with Crippen molar-refractivity contribution >= 4 is 35.7 Å².